The van der Waals surface area contributed by atoms with Gasteiger partial charge in [0.1, 0.15) is 5.00 Å². The molecule has 8 nitrogen and oxygen atoms in total. The molecule has 2 heterocycles. The van der Waals surface area contributed by atoms with Gasteiger partial charge < -0.3 is 10.1 Å². The van der Waals surface area contributed by atoms with Crippen molar-refractivity contribution in [2.45, 2.75) is 51.3 Å². The van der Waals surface area contributed by atoms with Gasteiger partial charge in [-0.3, -0.25) is 4.79 Å². The van der Waals surface area contributed by atoms with E-state index in [0.717, 1.165) is 24.8 Å². The molecule has 0 bridgehead atoms. The molecule has 0 spiro atoms. The predicted octanol–water partition coefficient (Wildman–Crippen LogP) is 2.69. The topological polar surface area (TPSA) is 99.0 Å². The molecular formula is C17H23N5O3S2. The smallest absolute Gasteiger partial charge is 0.341 e. The first-order valence-electron chi connectivity index (χ1n) is 8.85. The van der Waals surface area contributed by atoms with Crippen molar-refractivity contribution in [3.8, 4) is 0 Å². The van der Waals surface area contributed by atoms with Crippen molar-refractivity contribution in [3.05, 3.63) is 16.0 Å². The number of aryl methyl sites for hydroxylation is 1. The molecule has 2 aromatic heterocycles. The normalized spacial score (nSPS) is 16.3. The zero-order valence-corrected chi connectivity index (χ0v) is 17.4. The Balaban J connectivity index is 1.78. The number of ether oxygens (including phenoxy) is 1. The molecule has 0 aliphatic heterocycles. The van der Waals surface area contributed by atoms with E-state index in [1.165, 1.54) is 32.7 Å². The van der Waals surface area contributed by atoms with Gasteiger partial charge in [-0.15, -0.1) is 16.4 Å². The highest BCUT2D eigenvalue weighted by molar-refractivity contribution is 7.99. The SMILES string of the molecule is CC(C)OC(=O)c1c(NC(=O)CSc2nnnn2C)sc2c1CC[C@H](C)C2. The zero-order valence-electron chi connectivity index (χ0n) is 15.8. The van der Waals surface area contributed by atoms with Crippen LogP contribution in [-0.2, 0) is 29.4 Å². The molecule has 3 rings (SSSR count). The molecule has 0 unspecified atom stereocenters. The molecule has 1 aliphatic rings. The van der Waals surface area contributed by atoms with Crippen LogP contribution in [0.15, 0.2) is 5.16 Å². The maximum absolute atomic E-state index is 12.7. The molecule has 2 aromatic rings. The summed E-state index contributed by atoms with van der Waals surface area (Å²) in [5, 5.41) is 15.2. The van der Waals surface area contributed by atoms with Crippen LogP contribution >= 0.6 is 23.1 Å². The molecule has 146 valence electrons. The number of anilines is 1. The van der Waals surface area contributed by atoms with Gasteiger partial charge in [0.25, 0.3) is 0 Å². The summed E-state index contributed by atoms with van der Waals surface area (Å²) in [6.07, 6.45) is 2.59. The number of nitrogens with zero attached hydrogens (tertiary/aromatic N) is 4. The van der Waals surface area contributed by atoms with Crippen LogP contribution in [0.1, 0.15) is 48.0 Å². The third-order valence-corrected chi connectivity index (χ3v) is 6.41. The Labute approximate surface area is 166 Å². The number of nitrogens with one attached hydrogen (secondary N) is 1. The molecule has 1 amide bonds. The molecule has 0 saturated carbocycles. The van der Waals surface area contributed by atoms with E-state index >= 15 is 0 Å². The van der Waals surface area contributed by atoms with Crippen molar-refractivity contribution in [1.29, 1.82) is 0 Å². The average Bonchev–Trinajstić information content (AvgIpc) is 3.14. The zero-order chi connectivity index (χ0) is 19.6. The van der Waals surface area contributed by atoms with E-state index in [4.69, 9.17) is 4.74 Å². The Hall–Kier alpha value is -1.94. The first kappa shape index (κ1) is 19.8. The van der Waals surface area contributed by atoms with Crippen LogP contribution in [0.2, 0.25) is 0 Å². The van der Waals surface area contributed by atoms with E-state index < -0.39 is 0 Å². The third-order valence-electron chi connectivity index (χ3n) is 4.23. The molecule has 1 aliphatic carbocycles. The molecule has 1 atom stereocenters. The minimum absolute atomic E-state index is 0.159. The summed E-state index contributed by atoms with van der Waals surface area (Å²) in [6.45, 7) is 5.85. The van der Waals surface area contributed by atoms with E-state index in [2.05, 4.69) is 27.8 Å². The van der Waals surface area contributed by atoms with Crippen LogP contribution in [0.5, 0.6) is 0 Å². The van der Waals surface area contributed by atoms with Crippen molar-refractivity contribution in [3.63, 3.8) is 0 Å². The van der Waals surface area contributed by atoms with Crippen LogP contribution in [-0.4, -0.2) is 43.9 Å². The molecule has 0 fully saturated rings. The standard InChI is InChI=1S/C17H23N5O3S2/c1-9(2)25-16(24)14-11-6-5-10(3)7-12(11)27-15(14)18-13(23)8-26-17-19-20-21-22(17)4/h9-10H,5-8H2,1-4H3,(H,18,23)/t10-/m0/s1. The number of carbonyl (C=O) groups is 2. The lowest BCUT2D eigenvalue weighted by atomic mass is 9.88. The minimum atomic E-state index is -0.363. The van der Waals surface area contributed by atoms with Gasteiger partial charge in [-0.2, -0.15) is 0 Å². The van der Waals surface area contributed by atoms with Crippen molar-refractivity contribution in [2.24, 2.45) is 13.0 Å². The molecule has 0 radical (unpaired) electrons. The Morgan fingerprint density at radius 1 is 1.44 bits per heavy atom. The summed E-state index contributed by atoms with van der Waals surface area (Å²) >= 11 is 2.73. The molecular weight excluding hydrogens is 386 g/mol. The van der Waals surface area contributed by atoms with E-state index in [-0.39, 0.29) is 23.7 Å². The Morgan fingerprint density at radius 3 is 2.89 bits per heavy atom. The van der Waals surface area contributed by atoms with Gasteiger partial charge in [0.05, 0.1) is 17.4 Å². The third kappa shape index (κ3) is 4.67. The summed E-state index contributed by atoms with van der Waals surface area (Å²) in [5.41, 5.74) is 1.55. The number of aromatic nitrogens is 4. The Morgan fingerprint density at radius 2 is 2.22 bits per heavy atom. The highest BCUT2D eigenvalue weighted by atomic mass is 32.2. The van der Waals surface area contributed by atoms with Gasteiger partial charge >= 0.3 is 5.97 Å². The van der Waals surface area contributed by atoms with Gasteiger partial charge in [0.2, 0.25) is 11.1 Å². The van der Waals surface area contributed by atoms with E-state index in [0.29, 0.717) is 21.6 Å². The minimum Gasteiger partial charge on any atom is -0.459 e. The first-order valence-corrected chi connectivity index (χ1v) is 10.7. The number of fused-ring (bicyclic) bond motifs is 1. The number of thiophene rings is 1. The van der Waals surface area contributed by atoms with Gasteiger partial charge in [-0.25, -0.2) is 9.48 Å². The fourth-order valence-corrected chi connectivity index (χ4v) is 5.03. The lowest BCUT2D eigenvalue weighted by Crippen LogP contribution is -2.19. The van der Waals surface area contributed by atoms with E-state index in [1.807, 2.05) is 13.8 Å². The van der Waals surface area contributed by atoms with Gasteiger partial charge in [-0.05, 0) is 55.0 Å². The van der Waals surface area contributed by atoms with Gasteiger partial charge in [0, 0.05) is 11.9 Å². The van der Waals surface area contributed by atoms with Crippen molar-refractivity contribution >= 4 is 40.0 Å². The number of hydrogen-bond donors (Lipinski definition) is 1. The Kier molecular flexibility index (Phi) is 6.15. The van der Waals surface area contributed by atoms with Crippen molar-refractivity contribution in [1.82, 2.24) is 20.2 Å². The lowest BCUT2D eigenvalue weighted by molar-refractivity contribution is -0.113. The fraction of sp³-hybridized carbons (Fsp3) is 0.588. The largest absolute Gasteiger partial charge is 0.459 e. The number of amides is 1. The molecule has 27 heavy (non-hydrogen) atoms. The molecule has 0 aromatic carbocycles. The summed E-state index contributed by atoms with van der Waals surface area (Å²) in [6, 6.07) is 0. The second kappa shape index (κ2) is 8.39. The van der Waals surface area contributed by atoms with Crippen LogP contribution in [0.3, 0.4) is 0 Å². The van der Waals surface area contributed by atoms with Crippen molar-refractivity contribution < 1.29 is 14.3 Å². The predicted molar refractivity (Wildman–Crippen MR) is 104 cm³/mol. The molecule has 1 N–H and O–H groups in total. The number of esters is 1. The summed E-state index contributed by atoms with van der Waals surface area (Å²) < 4.78 is 6.93. The number of rotatable bonds is 6. The fourth-order valence-electron chi connectivity index (χ4n) is 2.96. The Bertz CT molecular complexity index is 846. The number of tetrazole rings is 1. The van der Waals surface area contributed by atoms with Crippen LogP contribution < -0.4 is 5.32 Å². The number of hydrogen-bond acceptors (Lipinski definition) is 8. The summed E-state index contributed by atoms with van der Waals surface area (Å²) in [5.74, 6) is 0.171. The highest BCUT2D eigenvalue weighted by Crippen LogP contribution is 2.40. The maximum atomic E-state index is 12.7. The average molecular weight is 410 g/mol. The first-order chi connectivity index (χ1) is 12.8. The van der Waals surface area contributed by atoms with Gasteiger partial charge in [0.15, 0.2) is 0 Å². The van der Waals surface area contributed by atoms with Crippen LogP contribution in [0, 0.1) is 5.92 Å². The van der Waals surface area contributed by atoms with Crippen molar-refractivity contribution in [2.75, 3.05) is 11.1 Å². The van der Waals surface area contributed by atoms with Gasteiger partial charge in [-0.1, -0.05) is 18.7 Å². The maximum Gasteiger partial charge on any atom is 0.341 e. The highest BCUT2D eigenvalue weighted by Gasteiger charge is 2.29. The van der Waals surface area contributed by atoms with E-state index in [1.54, 1.807) is 7.05 Å². The number of thioether (sulfide) groups is 1. The summed E-state index contributed by atoms with van der Waals surface area (Å²) in [7, 11) is 1.72. The quantitative estimate of drug-likeness (QED) is 0.578. The van der Waals surface area contributed by atoms with E-state index in [9.17, 15) is 9.59 Å². The molecule has 10 heteroatoms. The monoisotopic (exact) mass is 409 g/mol. The number of carbonyl (C=O) groups excluding carboxylic acids is 2. The second-order valence-electron chi connectivity index (χ2n) is 6.93. The summed E-state index contributed by atoms with van der Waals surface area (Å²) in [4.78, 5) is 26.3. The molecule has 0 saturated heterocycles. The lowest BCUT2D eigenvalue weighted by Gasteiger charge is -2.18. The second-order valence-corrected chi connectivity index (χ2v) is 8.98. The van der Waals surface area contributed by atoms with Crippen LogP contribution in [0.4, 0.5) is 5.00 Å². The van der Waals surface area contributed by atoms with Crippen LogP contribution in [0.25, 0.3) is 0 Å².